The molecule has 0 fully saturated rings. The second-order valence-electron chi connectivity index (χ2n) is 4.20. The van der Waals surface area contributed by atoms with Gasteiger partial charge in [-0.1, -0.05) is 17.9 Å². The van der Waals surface area contributed by atoms with Crippen LogP contribution >= 0.6 is 0 Å². The minimum atomic E-state index is 0.923. The normalized spacial score (nSPS) is 20.7. The van der Waals surface area contributed by atoms with Crippen molar-refractivity contribution < 1.29 is 4.79 Å². The molecule has 15 heavy (non-hydrogen) atoms. The minimum absolute atomic E-state index is 0.923. The lowest BCUT2D eigenvalue weighted by Crippen LogP contribution is -1.89. The van der Waals surface area contributed by atoms with E-state index in [1.807, 2.05) is 0 Å². The van der Waals surface area contributed by atoms with Gasteiger partial charge < -0.3 is 0 Å². The summed E-state index contributed by atoms with van der Waals surface area (Å²) in [4.78, 5) is 10.7. The Hall–Kier alpha value is -1.29. The topological polar surface area (TPSA) is 17.1 Å². The summed E-state index contributed by atoms with van der Waals surface area (Å²) in [5.41, 5.74) is 3.28. The number of hydrogen-bond acceptors (Lipinski definition) is 1. The zero-order chi connectivity index (χ0) is 10.5. The predicted octanol–water partition coefficient (Wildman–Crippen LogP) is 3.17. The molecule has 0 saturated heterocycles. The van der Waals surface area contributed by atoms with Gasteiger partial charge >= 0.3 is 0 Å². The summed E-state index contributed by atoms with van der Waals surface area (Å²) in [6, 6.07) is 0. The molecule has 1 heteroatoms. The average molecular weight is 200 g/mol. The Kier molecular flexibility index (Phi) is 3.40. The fourth-order valence-corrected chi connectivity index (χ4v) is 2.15. The van der Waals surface area contributed by atoms with Crippen LogP contribution in [0.5, 0.6) is 0 Å². The maximum Gasteiger partial charge on any atom is 0.146 e. The largest absolute Gasteiger partial charge is 0.298 e. The van der Waals surface area contributed by atoms with Crippen molar-refractivity contribution in [2.24, 2.45) is 0 Å². The van der Waals surface area contributed by atoms with Gasteiger partial charge in [-0.15, -0.1) is 0 Å². The highest BCUT2D eigenvalue weighted by Crippen LogP contribution is 2.24. The lowest BCUT2D eigenvalue weighted by Gasteiger charge is -2.05. The van der Waals surface area contributed by atoms with Crippen LogP contribution in [-0.4, -0.2) is 6.29 Å². The Bertz CT molecular complexity index is 374. The molecule has 0 aliphatic heterocycles. The minimum Gasteiger partial charge on any atom is -0.298 e. The summed E-state index contributed by atoms with van der Waals surface area (Å²) in [6.45, 7) is 0. The van der Waals surface area contributed by atoms with Crippen LogP contribution in [0, 0.1) is 11.8 Å². The van der Waals surface area contributed by atoms with Crippen molar-refractivity contribution in [1.82, 2.24) is 0 Å². The Morgan fingerprint density at radius 2 is 2.00 bits per heavy atom. The van der Waals surface area contributed by atoms with Gasteiger partial charge in [0.15, 0.2) is 0 Å². The summed E-state index contributed by atoms with van der Waals surface area (Å²) in [7, 11) is 0. The first-order valence-electron chi connectivity index (χ1n) is 5.78. The summed E-state index contributed by atoms with van der Waals surface area (Å²) in [5, 5.41) is 0. The monoisotopic (exact) mass is 200 g/mol. The van der Waals surface area contributed by atoms with Gasteiger partial charge in [-0.05, 0) is 50.5 Å². The molecule has 0 spiro atoms. The van der Waals surface area contributed by atoms with Crippen LogP contribution < -0.4 is 0 Å². The molecule has 78 valence electrons. The van der Waals surface area contributed by atoms with Crippen LogP contribution in [-0.2, 0) is 4.79 Å². The number of aldehydes is 1. The standard InChI is InChI=1S/C14H16O/c15-11-14-8-4-7-13(14)10-9-12-5-2-1-3-6-12/h5,11H,1-4,6-8H2. The van der Waals surface area contributed by atoms with Gasteiger partial charge in [-0.2, -0.15) is 0 Å². The molecule has 0 aromatic rings. The molecule has 0 N–H and O–H groups in total. The van der Waals surface area contributed by atoms with Gasteiger partial charge in [0.2, 0.25) is 0 Å². The van der Waals surface area contributed by atoms with Crippen molar-refractivity contribution in [2.45, 2.75) is 44.9 Å². The van der Waals surface area contributed by atoms with Crippen molar-refractivity contribution in [2.75, 3.05) is 0 Å². The molecular weight excluding hydrogens is 184 g/mol. The maximum absolute atomic E-state index is 10.7. The number of rotatable bonds is 1. The molecular formula is C14H16O. The van der Waals surface area contributed by atoms with Gasteiger partial charge in [0.1, 0.15) is 6.29 Å². The van der Waals surface area contributed by atoms with Crippen LogP contribution in [0.4, 0.5) is 0 Å². The lowest BCUT2D eigenvalue weighted by molar-refractivity contribution is -0.105. The zero-order valence-corrected chi connectivity index (χ0v) is 9.01. The van der Waals surface area contributed by atoms with Crippen LogP contribution in [0.15, 0.2) is 22.8 Å². The summed E-state index contributed by atoms with van der Waals surface area (Å²) in [6.07, 6.45) is 11.1. The van der Waals surface area contributed by atoms with Crippen molar-refractivity contribution in [3.05, 3.63) is 22.8 Å². The molecule has 2 aliphatic rings. The third-order valence-corrected chi connectivity index (χ3v) is 3.07. The molecule has 0 atom stereocenters. The molecule has 0 unspecified atom stereocenters. The first kappa shape index (κ1) is 10.2. The van der Waals surface area contributed by atoms with E-state index in [0.29, 0.717) is 0 Å². The van der Waals surface area contributed by atoms with E-state index in [0.717, 1.165) is 43.1 Å². The van der Waals surface area contributed by atoms with Crippen LogP contribution in [0.2, 0.25) is 0 Å². The van der Waals surface area contributed by atoms with E-state index >= 15 is 0 Å². The van der Waals surface area contributed by atoms with E-state index in [-0.39, 0.29) is 0 Å². The van der Waals surface area contributed by atoms with Crippen molar-refractivity contribution in [3.8, 4) is 11.8 Å². The highest BCUT2D eigenvalue weighted by Gasteiger charge is 2.11. The molecule has 0 aromatic heterocycles. The summed E-state index contributed by atoms with van der Waals surface area (Å²) >= 11 is 0. The second-order valence-corrected chi connectivity index (χ2v) is 4.20. The molecule has 2 rings (SSSR count). The summed E-state index contributed by atoms with van der Waals surface area (Å²) < 4.78 is 0. The third kappa shape index (κ3) is 2.59. The van der Waals surface area contributed by atoms with Crippen LogP contribution in [0.3, 0.4) is 0 Å². The van der Waals surface area contributed by atoms with Crippen LogP contribution in [0.1, 0.15) is 44.9 Å². The fraction of sp³-hybridized carbons (Fsp3) is 0.500. The first-order valence-corrected chi connectivity index (χ1v) is 5.78. The van der Waals surface area contributed by atoms with Crippen LogP contribution in [0.25, 0.3) is 0 Å². The molecule has 0 radical (unpaired) electrons. The smallest absolute Gasteiger partial charge is 0.146 e. The molecule has 0 heterocycles. The molecule has 2 aliphatic carbocycles. The lowest BCUT2D eigenvalue weighted by atomic mass is 9.99. The van der Waals surface area contributed by atoms with Gasteiger partial charge in [0, 0.05) is 11.1 Å². The van der Waals surface area contributed by atoms with Gasteiger partial charge in [0.05, 0.1) is 0 Å². The Labute approximate surface area is 91.3 Å². The quantitative estimate of drug-likeness (QED) is 0.469. The van der Waals surface area contributed by atoms with E-state index in [9.17, 15) is 4.79 Å². The average Bonchev–Trinajstić information content (AvgIpc) is 2.75. The third-order valence-electron chi connectivity index (χ3n) is 3.07. The Balaban J connectivity index is 2.10. The molecule has 0 aromatic carbocycles. The number of carbonyl (C=O) groups is 1. The number of allylic oxidation sites excluding steroid dienone is 4. The Morgan fingerprint density at radius 1 is 1.07 bits per heavy atom. The highest BCUT2D eigenvalue weighted by molar-refractivity contribution is 5.77. The highest BCUT2D eigenvalue weighted by atomic mass is 16.1. The van der Waals surface area contributed by atoms with Gasteiger partial charge in [0.25, 0.3) is 0 Å². The van der Waals surface area contributed by atoms with Crippen molar-refractivity contribution in [1.29, 1.82) is 0 Å². The summed E-state index contributed by atoms with van der Waals surface area (Å²) in [5.74, 6) is 6.40. The van der Waals surface area contributed by atoms with E-state index in [4.69, 9.17) is 0 Å². The van der Waals surface area contributed by atoms with Gasteiger partial charge in [-0.3, -0.25) is 4.79 Å². The van der Waals surface area contributed by atoms with Crippen molar-refractivity contribution >= 4 is 6.29 Å². The van der Waals surface area contributed by atoms with E-state index in [1.165, 1.54) is 24.8 Å². The van der Waals surface area contributed by atoms with Crippen molar-refractivity contribution in [3.63, 3.8) is 0 Å². The Morgan fingerprint density at radius 3 is 2.73 bits per heavy atom. The van der Waals surface area contributed by atoms with E-state index in [2.05, 4.69) is 17.9 Å². The molecule has 1 nitrogen and oxygen atoms in total. The van der Waals surface area contributed by atoms with Gasteiger partial charge in [-0.25, -0.2) is 0 Å². The van der Waals surface area contributed by atoms with E-state index < -0.39 is 0 Å². The molecule has 0 amide bonds. The second kappa shape index (κ2) is 4.98. The number of carbonyl (C=O) groups excluding carboxylic acids is 1. The first-order chi connectivity index (χ1) is 7.40. The predicted molar refractivity (Wildman–Crippen MR) is 61.3 cm³/mol. The van der Waals surface area contributed by atoms with E-state index in [1.54, 1.807) is 0 Å². The maximum atomic E-state index is 10.7. The SMILES string of the molecule is O=CC1=C(C#CC2=CCCCC2)CCC1. The number of hydrogen-bond donors (Lipinski definition) is 0. The zero-order valence-electron chi connectivity index (χ0n) is 9.01. The molecule has 0 bridgehead atoms. The fourth-order valence-electron chi connectivity index (χ4n) is 2.15. The molecule has 0 saturated carbocycles.